The first-order chi connectivity index (χ1) is 12.6. The molecule has 27 heavy (non-hydrogen) atoms. The Labute approximate surface area is 154 Å². The summed E-state index contributed by atoms with van der Waals surface area (Å²) in [7, 11) is 0. The monoisotopic (exact) mass is 379 g/mol. The van der Waals surface area contributed by atoms with Crippen LogP contribution in [0.4, 0.5) is 8.78 Å². The van der Waals surface area contributed by atoms with Crippen LogP contribution in [0.5, 0.6) is 0 Å². The third-order valence-corrected chi connectivity index (χ3v) is 3.75. The van der Waals surface area contributed by atoms with Gasteiger partial charge in [0.15, 0.2) is 6.61 Å². The number of benzene rings is 1. The van der Waals surface area contributed by atoms with E-state index in [4.69, 9.17) is 9.47 Å². The van der Waals surface area contributed by atoms with Gasteiger partial charge in [-0.1, -0.05) is 0 Å². The largest absolute Gasteiger partial charge is 0.459 e. The highest BCUT2D eigenvalue weighted by atomic mass is 19.1. The van der Waals surface area contributed by atoms with Crippen molar-refractivity contribution in [3.63, 3.8) is 0 Å². The van der Waals surface area contributed by atoms with Gasteiger partial charge >= 0.3 is 11.9 Å². The van der Waals surface area contributed by atoms with Gasteiger partial charge in [-0.15, -0.1) is 0 Å². The average Bonchev–Trinajstić information content (AvgIpc) is 2.88. The Hall–Kier alpha value is -3.03. The lowest BCUT2D eigenvalue weighted by Gasteiger charge is -2.08. The SMILES string of the molecule is Cc1[nH]c(C(=O)OCC(=O)c2cc(F)ccc2F)c(C)c1C(=O)OC(C)C. The number of esters is 2. The highest BCUT2D eigenvalue weighted by Gasteiger charge is 2.25. The number of hydrogen-bond donors (Lipinski definition) is 1. The van der Waals surface area contributed by atoms with Crippen molar-refractivity contribution < 1.29 is 32.6 Å². The fourth-order valence-electron chi connectivity index (χ4n) is 2.53. The van der Waals surface area contributed by atoms with E-state index in [1.165, 1.54) is 6.92 Å². The van der Waals surface area contributed by atoms with Crippen LogP contribution < -0.4 is 0 Å². The Morgan fingerprint density at radius 2 is 1.78 bits per heavy atom. The van der Waals surface area contributed by atoms with E-state index in [9.17, 15) is 23.2 Å². The number of H-pyrrole nitrogens is 1. The number of aromatic nitrogens is 1. The van der Waals surface area contributed by atoms with E-state index in [0.717, 1.165) is 18.2 Å². The molecule has 1 heterocycles. The standard InChI is InChI=1S/C19H19F2NO5/c1-9(2)27-18(24)16-10(3)17(22-11(16)4)19(25)26-8-15(23)13-7-12(20)5-6-14(13)21/h5-7,9,22H,8H2,1-4H3. The van der Waals surface area contributed by atoms with E-state index in [1.807, 2.05) is 0 Å². The van der Waals surface area contributed by atoms with Gasteiger partial charge < -0.3 is 14.5 Å². The predicted molar refractivity (Wildman–Crippen MR) is 91.8 cm³/mol. The highest BCUT2D eigenvalue weighted by molar-refractivity contribution is 6.01. The molecule has 0 aliphatic carbocycles. The second kappa shape index (κ2) is 8.11. The second-order valence-electron chi connectivity index (χ2n) is 6.20. The van der Waals surface area contributed by atoms with E-state index in [2.05, 4.69) is 4.98 Å². The normalized spacial score (nSPS) is 10.8. The van der Waals surface area contributed by atoms with Gasteiger partial charge in [-0.3, -0.25) is 4.79 Å². The molecule has 0 atom stereocenters. The lowest BCUT2D eigenvalue weighted by atomic mass is 10.1. The number of aryl methyl sites for hydroxylation is 1. The molecule has 0 saturated carbocycles. The highest BCUT2D eigenvalue weighted by Crippen LogP contribution is 2.20. The van der Waals surface area contributed by atoms with Crippen LogP contribution in [0.1, 0.15) is 56.3 Å². The third kappa shape index (κ3) is 4.58. The summed E-state index contributed by atoms with van der Waals surface area (Å²) in [5.41, 5.74) is 0.400. The number of aromatic amines is 1. The molecule has 1 N–H and O–H groups in total. The predicted octanol–water partition coefficient (Wildman–Crippen LogP) is 3.51. The van der Waals surface area contributed by atoms with Gasteiger partial charge in [-0.05, 0) is 51.5 Å². The Morgan fingerprint density at radius 1 is 1.11 bits per heavy atom. The van der Waals surface area contributed by atoms with E-state index in [-0.39, 0.29) is 17.4 Å². The molecule has 0 spiro atoms. The summed E-state index contributed by atoms with van der Waals surface area (Å²) in [6.07, 6.45) is -0.333. The molecule has 144 valence electrons. The van der Waals surface area contributed by atoms with E-state index in [1.54, 1.807) is 20.8 Å². The lowest BCUT2D eigenvalue weighted by Crippen LogP contribution is -2.17. The molecule has 1 aromatic carbocycles. The van der Waals surface area contributed by atoms with Crippen molar-refractivity contribution in [3.05, 3.63) is 57.9 Å². The molecule has 2 aromatic rings. The molecule has 1 aromatic heterocycles. The van der Waals surface area contributed by atoms with Gasteiger partial charge in [-0.25, -0.2) is 18.4 Å². The fraction of sp³-hybridized carbons (Fsp3) is 0.316. The summed E-state index contributed by atoms with van der Waals surface area (Å²) in [6.45, 7) is 5.74. The molecular formula is C19H19F2NO5. The van der Waals surface area contributed by atoms with Crippen molar-refractivity contribution in [2.24, 2.45) is 0 Å². The molecular weight excluding hydrogens is 360 g/mol. The van der Waals surface area contributed by atoms with Gasteiger partial charge in [0.05, 0.1) is 17.2 Å². The van der Waals surface area contributed by atoms with Crippen LogP contribution in [-0.2, 0) is 9.47 Å². The number of halogens is 2. The summed E-state index contributed by atoms with van der Waals surface area (Å²) in [5.74, 6) is -4.07. The van der Waals surface area contributed by atoms with E-state index in [0.29, 0.717) is 11.3 Å². The molecule has 0 aliphatic rings. The molecule has 6 nitrogen and oxygen atoms in total. The first-order valence-corrected chi connectivity index (χ1v) is 8.17. The van der Waals surface area contributed by atoms with Crippen LogP contribution in [0.25, 0.3) is 0 Å². The zero-order valence-electron chi connectivity index (χ0n) is 15.3. The maximum absolute atomic E-state index is 13.6. The average molecular weight is 379 g/mol. The number of ether oxygens (including phenoxy) is 2. The number of ketones is 1. The minimum Gasteiger partial charge on any atom is -0.459 e. The number of hydrogen-bond acceptors (Lipinski definition) is 5. The molecule has 0 radical (unpaired) electrons. The Bertz CT molecular complexity index is 902. The maximum Gasteiger partial charge on any atom is 0.355 e. The summed E-state index contributed by atoms with van der Waals surface area (Å²) < 4.78 is 36.8. The van der Waals surface area contributed by atoms with Gasteiger partial charge in [0, 0.05) is 5.69 Å². The van der Waals surface area contributed by atoms with Gasteiger partial charge in [0.1, 0.15) is 17.3 Å². The lowest BCUT2D eigenvalue weighted by molar-refractivity contribution is 0.0376. The van der Waals surface area contributed by atoms with E-state index < -0.39 is 41.5 Å². The molecule has 0 unspecified atom stereocenters. The maximum atomic E-state index is 13.6. The van der Waals surface area contributed by atoms with Crippen LogP contribution in [0.2, 0.25) is 0 Å². The summed E-state index contributed by atoms with van der Waals surface area (Å²) in [4.78, 5) is 39.1. The van der Waals surface area contributed by atoms with Crippen LogP contribution in [0.3, 0.4) is 0 Å². The first-order valence-electron chi connectivity index (χ1n) is 8.17. The van der Waals surface area contributed by atoms with Crippen molar-refractivity contribution >= 4 is 17.7 Å². The van der Waals surface area contributed by atoms with Gasteiger partial charge in [-0.2, -0.15) is 0 Å². The van der Waals surface area contributed by atoms with Crippen molar-refractivity contribution in [2.45, 2.75) is 33.8 Å². The Morgan fingerprint density at radius 3 is 2.41 bits per heavy atom. The summed E-state index contributed by atoms with van der Waals surface area (Å²) >= 11 is 0. The number of Topliss-reactive ketones (excluding diaryl/α,β-unsaturated/α-hetero) is 1. The zero-order chi connectivity index (χ0) is 20.3. The van der Waals surface area contributed by atoms with Crippen molar-refractivity contribution in [3.8, 4) is 0 Å². The molecule has 8 heteroatoms. The number of carbonyl (C=O) groups excluding carboxylic acids is 3. The van der Waals surface area contributed by atoms with Crippen LogP contribution in [0, 0.1) is 25.5 Å². The molecule has 2 rings (SSSR count). The third-order valence-electron chi connectivity index (χ3n) is 3.75. The zero-order valence-corrected chi connectivity index (χ0v) is 15.3. The second-order valence-corrected chi connectivity index (χ2v) is 6.20. The number of nitrogens with one attached hydrogen (secondary N) is 1. The number of carbonyl (C=O) groups is 3. The van der Waals surface area contributed by atoms with Crippen LogP contribution in [-0.4, -0.2) is 35.4 Å². The Kier molecular flexibility index (Phi) is 6.09. The minimum absolute atomic E-state index is 0.0179. The molecule has 0 amide bonds. The van der Waals surface area contributed by atoms with Gasteiger partial charge in [0.2, 0.25) is 5.78 Å². The molecule has 0 bridgehead atoms. The smallest absolute Gasteiger partial charge is 0.355 e. The molecule has 0 saturated heterocycles. The van der Waals surface area contributed by atoms with Crippen LogP contribution in [0.15, 0.2) is 18.2 Å². The van der Waals surface area contributed by atoms with Gasteiger partial charge in [0.25, 0.3) is 0 Å². The number of rotatable bonds is 6. The topological polar surface area (TPSA) is 85.5 Å². The first kappa shape index (κ1) is 20.3. The molecule has 0 fully saturated rings. The molecule has 0 aliphatic heterocycles. The summed E-state index contributed by atoms with van der Waals surface area (Å²) in [6, 6.07) is 2.42. The minimum atomic E-state index is -0.914. The van der Waals surface area contributed by atoms with Crippen molar-refractivity contribution in [2.75, 3.05) is 6.61 Å². The van der Waals surface area contributed by atoms with E-state index >= 15 is 0 Å². The van der Waals surface area contributed by atoms with Crippen molar-refractivity contribution in [1.82, 2.24) is 4.98 Å². The summed E-state index contributed by atoms with van der Waals surface area (Å²) in [5, 5.41) is 0. The quantitative estimate of drug-likeness (QED) is 0.613. The Balaban J connectivity index is 2.14. The fourth-order valence-corrected chi connectivity index (χ4v) is 2.53. The van der Waals surface area contributed by atoms with Crippen LogP contribution >= 0.6 is 0 Å². The van der Waals surface area contributed by atoms with Crippen molar-refractivity contribution in [1.29, 1.82) is 0 Å².